The Balaban J connectivity index is 1.45. The van der Waals surface area contributed by atoms with Crippen LogP contribution in [0.3, 0.4) is 0 Å². The number of anilines is 1. The van der Waals surface area contributed by atoms with E-state index in [2.05, 4.69) is 5.32 Å². The Bertz CT molecular complexity index is 741. The molecule has 2 aromatic rings. The summed E-state index contributed by atoms with van der Waals surface area (Å²) in [6.45, 7) is 1.29. The van der Waals surface area contributed by atoms with E-state index >= 15 is 0 Å². The van der Waals surface area contributed by atoms with Crippen molar-refractivity contribution in [1.29, 1.82) is 0 Å². The maximum Gasteiger partial charge on any atom is 0.227 e. The predicted molar refractivity (Wildman–Crippen MR) is 99.6 cm³/mol. The van der Waals surface area contributed by atoms with Crippen molar-refractivity contribution in [2.75, 3.05) is 11.4 Å². The monoisotopic (exact) mass is 356 g/mol. The number of amides is 2. The van der Waals surface area contributed by atoms with Crippen molar-refractivity contribution >= 4 is 29.1 Å². The van der Waals surface area contributed by atoms with E-state index in [9.17, 15) is 9.59 Å². The van der Waals surface area contributed by atoms with Gasteiger partial charge in [-0.3, -0.25) is 9.59 Å². The van der Waals surface area contributed by atoms with Gasteiger partial charge < -0.3 is 10.2 Å². The Hall–Kier alpha value is -2.33. The first-order valence-electron chi connectivity index (χ1n) is 8.52. The fourth-order valence-electron chi connectivity index (χ4n) is 2.91. The number of nitrogens with zero attached hydrogens (tertiary/aromatic N) is 1. The van der Waals surface area contributed by atoms with Crippen molar-refractivity contribution in [1.82, 2.24) is 5.32 Å². The fourth-order valence-corrected chi connectivity index (χ4v) is 3.04. The van der Waals surface area contributed by atoms with Gasteiger partial charge in [-0.15, -0.1) is 0 Å². The van der Waals surface area contributed by atoms with Gasteiger partial charge in [0.2, 0.25) is 11.8 Å². The Morgan fingerprint density at radius 2 is 1.72 bits per heavy atom. The van der Waals surface area contributed by atoms with Crippen molar-refractivity contribution < 1.29 is 9.59 Å². The largest absolute Gasteiger partial charge is 0.352 e. The van der Waals surface area contributed by atoms with Gasteiger partial charge in [0.05, 0.1) is 0 Å². The minimum atomic E-state index is 0.0220. The van der Waals surface area contributed by atoms with Gasteiger partial charge in [0.15, 0.2) is 0 Å². The van der Waals surface area contributed by atoms with Crippen molar-refractivity contribution in [3.63, 3.8) is 0 Å². The zero-order chi connectivity index (χ0) is 17.6. The number of hydrogen-bond donors (Lipinski definition) is 1. The molecule has 2 aromatic carbocycles. The molecule has 0 saturated carbocycles. The summed E-state index contributed by atoms with van der Waals surface area (Å²) in [7, 11) is 0. The number of carbonyl (C=O) groups is 2. The van der Waals surface area contributed by atoms with E-state index in [1.165, 1.54) is 0 Å². The topological polar surface area (TPSA) is 49.4 Å². The molecule has 2 amide bonds. The molecule has 0 atom stereocenters. The molecule has 4 nitrogen and oxygen atoms in total. The number of hydrogen-bond acceptors (Lipinski definition) is 2. The van der Waals surface area contributed by atoms with E-state index in [0.717, 1.165) is 29.8 Å². The molecule has 3 rings (SSSR count). The minimum Gasteiger partial charge on any atom is -0.352 e. The molecular formula is C20H21ClN2O2. The first kappa shape index (κ1) is 17.5. The average molecular weight is 357 g/mol. The van der Waals surface area contributed by atoms with Crippen LogP contribution in [0.2, 0.25) is 5.02 Å². The summed E-state index contributed by atoms with van der Waals surface area (Å²) < 4.78 is 0. The molecule has 1 N–H and O–H groups in total. The van der Waals surface area contributed by atoms with E-state index in [1.54, 1.807) is 0 Å². The van der Waals surface area contributed by atoms with Gasteiger partial charge in [0.1, 0.15) is 0 Å². The van der Waals surface area contributed by atoms with Crippen molar-refractivity contribution in [2.24, 2.45) is 0 Å². The summed E-state index contributed by atoms with van der Waals surface area (Å²) in [5, 5.41) is 3.63. The van der Waals surface area contributed by atoms with Crippen molar-refractivity contribution in [2.45, 2.75) is 32.2 Å². The zero-order valence-corrected chi connectivity index (χ0v) is 14.8. The second kappa shape index (κ2) is 8.17. The van der Waals surface area contributed by atoms with Crippen molar-refractivity contribution in [3.05, 3.63) is 64.7 Å². The highest BCUT2D eigenvalue weighted by Gasteiger charge is 2.21. The van der Waals surface area contributed by atoms with Crippen LogP contribution < -0.4 is 10.2 Å². The Morgan fingerprint density at radius 1 is 1.04 bits per heavy atom. The molecule has 1 aliphatic rings. The molecule has 130 valence electrons. The second-order valence-corrected chi connectivity index (χ2v) is 6.66. The first-order chi connectivity index (χ1) is 12.1. The standard InChI is InChI=1S/C20H21ClN2O2/c21-17-8-3-15(4-9-17)7-12-19(24)22-14-16-5-10-18(11-6-16)23-13-1-2-20(23)25/h3-6,8-11H,1-2,7,12-14H2,(H,22,24). The summed E-state index contributed by atoms with van der Waals surface area (Å²) >= 11 is 5.85. The first-order valence-corrected chi connectivity index (χ1v) is 8.90. The molecule has 1 fully saturated rings. The quantitative estimate of drug-likeness (QED) is 0.857. The number of halogens is 1. The molecule has 25 heavy (non-hydrogen) atoms. The van der Waals surface area contributed by atoms with Gasteiger partial charge in [-0.2, -0.15) is 0 Å². The minimum absolute atomic E-state index is 0.0220. The van der Waals surface area contributed by atoms with Crippen LogP contribution in [0.5, 0.6) is 0 Å². The fraction of sp³-hybridized carbons (Fsp3) is 0.300. The molecule has 0 unspecified atom stereocenters. The van der Waals surface area contributed by atoms with Crippen LogP contribution in [-0.2, 0) is 22.6 Å². The lowest BCUT2D eigenvalue weighted by atomic mass is 10.1. The third-order valence-corrected chi connectivity index (χ3v) is 4.62. The van der Waals surface area contributed by atoms with Gasteiger partial charge in [0.25, 0.3) is 0 Å². The van der Waals surface area contributed by atoms with Crippen LogP contribution in [0.4, 0.5) is 5.69 Å². The lowest BCUT2D eigenvalue weighted by Gasteiger charge is -2.16. The maximum atomic E-state index is 12.0. The van der Waals surface area contributed by atoms with Crippen LogP contribution in [0, 0.1) is 0 Å². The molecule has 0 aromatic heterocycles. The zero-order valence-electron chi connectivity index (χ0n) is 14.0. The molecular weight excluding hydrogens is 336 g/mol. The van der Waals surface area contributed by atoms with E-state index in [4.69, 9.17) is 11.6 Å². The SMILES string of the molecule is O=C(CCc1ccc(Cl)cc1)NCc1ccc(N2CCCC2=O)cc1. The normalized spacial score (nSPS) is 14.0. The van der Waals surface area contributed by atoms with Gasteiger partial charge in [0, 0.05) is 36.6 Å². The highest BCUT2D eigenvalue weighted by Crippen LogP contribution is 2.21. The number of benzene rings is 2. The number of nitrogens with one attached hydrogen (secondary N) is 1. The van der Waals surface area contributed by atoms with E-state index in [0.29, 0.717) is 30.8 Å². The number of aryl methyl sites for hydroxylation is 1. The summed E-state index contributed by atoms with van der Waals surface area (Å²) in [4.78, 5) is 25.5. The maximum absolute atomic E-state index is 12.0. The second-order valence-electron chi connectivity index (χ2n) is 6.22. The van der Waals surface area contributed by atoms with E-state index in [1.807, 2.05) is 53.4 Å². The number of rotatable bonds is 6. The molecule has 0 spiro atoms. The Labute approximate surface area is 152 Å². The lowest BCUT2D eigenvalue weighted by Crippen LogP contribution is -2.24. The molecule has 1 aliphatic heterocycles. The third-order valence-electron chi connectivity index (χ3n) is 4.37. The predicted octanol–water partition coefficient (Wildman–Crippen LogP) is 3.72. The summed E-state index contributed by atoms with van der Waals surface area (Å²) in [6.07, 6.45) is 2.69. The molecule has 1 heterocycles. The third kappa shape index (κ3) is 4.83. The van der Waals surface area contributed by atoms with Crippen LogP contribution in [0.25, 0.3) is 0 Å². The van der Waals surface area contributed by atoms with Crippen LogP contribution in [0.1, 0.15) is 30.4 Å². The Kier molecular flexibility index (Phi) is 5.71. The molecule has 0 radical (unpaired) electrons. The van der Waals surface area contributed by atoms with Gasteiger partial charge in [-0.25, -0.2) is 0 Å². The highest BCUT2D eigenvalue weighted by atomic mass is 35.5. The van der Waals surface area contributed by atoms with Crippen LogP contribution in [0.15, 0.2) is 48.5 Å². The van der Waals surface area contributed by atoms with E-state index < -0.39 is 0 Å². The summed E-state index contributed by atoms with van der Waals surface area (Å²) in [6, 6.07) is 15.3. The molecule has 0 bridgehead atoms. The van der Waals surface area contributed by atoms with Gasteiger partial charge in [-0.05, 0) is 48.2 Å². The van der Waals surface area contributed by atoms with Crippen LogP contribution in [-0.4, -0.2) is 18.4 Å². The molecule has 1 saturated heterocycles. The summed E-state index contributed by atoms with van der Waals surface area (Å²) in [5.74, 6) is 0.206. The van der Waals surface area contributed by atoms with Crippen LogP contribution >= 0.6 is 11.6 Å². The summed E-state index contributed by atoms with van der Waals surface area (Å²) in [5.41, 5.74) is 3.05. The van der Waals surface area contributed by atoms with Crippen molar-refractivity contribution in [3.8, 4) is 0 Å². The molecule has 5 heteroatoms. The average Bonchev–Trinajstić information content (AvgIpc) is 3.06. The Morgan fingerprint density at radius 3 is 2.36 bits per heavy atom. The highest BCUT2D eigenvalue weighted by molar-refractivity contribution is 6.30. The number of carbonyl (C=O) groups excluding carboxylic acids is 2. The molecule has 0 aliphatic carbocycles. The smallest absolute Gasteiger partial charge is 0.227 e. The van der Waals surface area contributed by atoms with E-state index in [-0.39, 0.29) is 11.8 Å². The van der Waals surface area contributed by atoms with Gasteiger partial charge >= 0.3 is 0 Å². The van der Waals surface area contributed by atoms with Gasteiger partial charge in [-0.1, -0.05) is 35.9 Å². The lowest BCUT2D eigenvalue weighted by molar-refractivity contribution is -0.121.